The number of primary amides is 1. The van der Waals surface area contributed by atoms with Gasteiger partial charge >= 0.3 is 0 Å². The van der Waals surface area contributed by atoms with Gasteiger partial charge in [-0.05, 0) is 31.0 Å². The van der Waals surface area contributed by atoms with Gasteiger partial charge in [-0.3, -0.25) is 9.59 Å². The number of benzene rings is 1. The van der Waals surface area contributed by atoms with Gasteiger partial charge in [-0.1, -0.05) is 19.3 Å². The van der Waals surface area contributed by atoms with Crippen molar-refractivity contribution in [2.45, 2.75) is 44.1 Å². The number of halogens is 2. The van der Waals surface area contributed by atoms with Crippen molar-refractivity contribution < 1.29 is 18.4 Å². The molecule has 1 fully saturated rings. The molecule has 114 valence electrons. The predicted molar refractivity (Wildman–Crippen MR) is 73.2 cm³/mol. The molecule has 6 heteroatoms. The van der Waals surface area contributed by atoms with E-state index in [9.17, 15) is 18.4 Å². The summed E-state index contributed by atoms with van der Waals surface area (Å²) in [6, 6.07) is 2.94. The third-order valence-electron chi connectivity index (χ3n) is 3.92. The molecule has 0 saturated heterocycles. The first-order valence-corrected chi connectivity index (χ1v) is 6.98. The minimum absolute atomic E-state index is 0.0390. The van der Waals surface area contributed by atoms with Crippen molar-refractivity contribution in [3.8, 4) is 0 Å². The molecule has 1 aliphatic rings. The van der Waals surface area contributed by atoms with E-state index in [-0.39, 0.29) is 12.0 Å². The first-order valence-electron chi connectivity index (χ1n) is 6.98. The summed E-state index contributed by atoms with van der Waals surface area (Å²) < 4.78 is 26.6. The Kier molecular flexibility index (Phi) is 4.55. The summed E-state index contributed by atoms with van der Waals surface area (Å²) in [6.07, 6.45) is 3.25. The molecular weight excluding hydrogens is 278 g/mol. The average Bonchev–Trinajstić information content (AvgIpc) is 2.43. The summed E-state index contributed by atoms with van der Waals surface area (Å²) in [5, 5.41) is 2.62. The molecule has 1 aromatic rings. The first kappa shape index (κ1) is 15.4. The Hall–Kier alpha value is -1.98. The van der Waals surface area contributed by atoms with E-state index in [4.69, 9.17) is 5.73 Å². The number of carbonyl (C=O) groups excluding carboxylic acids is 2. The highest BCUT2D eigenvalue weighted by Gasteiger charge is 2.39. The van der Waals surface area contributed by atoms with Crippen molar-refractivity contribution in [3.63, 3.8) is 0 Å². The van der Waals surface area contributed by atoms with Crippen molar-refractivity contribution in [2.24, 2.45) is 5.73 Å². The van der Waals surface area contributed by atoms with Gasteiger partial charge in [0.05, 0.1) is 6.42 Å². The normalized spacial score (nSPS) is 17.2. The van der Waals surface area contributed by atoms with Gasteiger partial charge in [0.2, 0.25) is 11.8 Å². The Bertz CT molecular complexity index is 555. The van der Waals surface area contributed by atoms with Crippen LogP contribution >= 0.6 is 0 Å². The molecule has 0 aliphatic heterocycles. The highest BCUT2D eigenvalue weighted by atomic mass is 19.1. The second-order valence-corrected chi connectivity index (χ2v) is 5.47. The quantitative estimate of drug-likeness (QED) is 0.889. The van der Waals surface area contributed by atoms with Crippen LogP contribution in [0.2, 0.25) is 0 Å². The van der Waals surface area contributed by atoms with Crippen molar-refractivity contribution in [2.75, 3.05) is 0 Å². The maximum absolute atomic E-state index is 13.5. The van der Waals surface area contributed by atoms with Gasteiger partial charge in [-0.25, -0.2) is 8.78 Å². The second kappa shape index (κ2) is 6.20. The third-order valence-corrected chi connectivity index (χ3v) is 3.92. The highest BCUT2D eigenvalue weighted by Crippen LogP contribution is 2.28. The minimum atomic E-state index is -1.06. The molecule has 2 rings (SSSR count). The van der Waals surface area contributed by atoms with E-state index >= 15 is 0 Å². The molecule has 0 aromatic heterocycles. The summed E-state index contributed by atoms with van der Waals surface area (Å²) in [4.78, 5) is 23.7. The number of nitrogens with one attached hydrogen (secondary N) is 1. The molecule has 0 heterocycles. The maximum Gasteiger partial charge on any atom is 0.243 e. The molecule has 1 aromatic carbocycles. The van der Waals surface area contributed by atoms with Gasteiger partial charge in [-0.2, -0.15) is 0 Å². The molecule has 4 nitrogen and oxygen atoms in total. The molecule has 0 atom stereocenters. The Morgan fingerprint density at radius 2 is 1.86 bits per heavy atom. The van der Waals surface area contributed by atoms with Crippen LogP contribution in [0.25, 0.3) is 0 Å². The number of hydrogen-bond donors (Lipinski definition) is 2. The smallest absolute Gasteiger partial charge is 0.243 e. The van der Waals surface area contributed by atoms with Crippen molar-refractivity contribution in [1.29, 1.82) is 0 Å². The van der Waals surface area contributed by atoms with Crippen LogP contribution in [-0.4, -0.2) is 17.4 Å². The van der Waals surface area contributed by atoms with E-state index in [1.807, 2.05) is 0 Å². The molecular formula is C15H18F2N2O2. The molecule has 0 bridgehead atoms. The molecule has 3 N–H and O–H groups in total. The number of nitrogens with two attached hydrogens (primary N) is 1. The average molecular weight is 296 g/mol. The van der Waals surface area contributed by atoms with Gasteiger partial charge in [-0.15, -0.1) is 0 Å². The van der Waals surface area contributed by atoms with Crippen LogP contribution in [0.4, 0.5) is 8.78 Å². The van der Waals surface area contributed by atoms with Crippen molar-refractivity contribution >= 4 is 11.8 Å². The van der Waals surface area contributed by atoms with E-state index < -0.39 is 29.0 Å². The van der Waals surface area contributed by atoms with Crippen LogP contribution in [0.3, 0.4) is 0 Å². The molecule has 21 heavy (non-hydrogen) atoms. The van der Waals surface area contributed by atoms with E-state index in [0.717, 1.165) is 37.5 Å². The van der Waals surface area contributed by atoms with Crippen LogP contribution in [0.5, 0.6) is 0 Å². The number of hydrogen-bond acceptors (Lipinski definition) is 2. The van der Waals surface area contributed by atoms with Crippen LogP contribution in [0.15, 0.2) is 18.2 Å². The van der Waals surface area contributed by atoms with Crippen molar-refractivity contribution in [3.05, 3.63) is 35.4 Å². The fraction of sp³-hybridized carbons (Fsp3) is 0.467. The lowest BCUT2D eigenvalue weighted by molar-refractivity contribution is -0.132. The topological polar surface area (TPSA) is 72.2 Å². The number of carbonyl (C=O) groups is 2. The lowest BCUT2D eigenvalue weighted by Gasteiger charge is -2.35. The fourth-order valence-electron chi connectivity index (χ4n) is 2.75. The largest absolute Gasteiger partial charge is 0.368 e. The number of rotatable bonds is 4. The van der Waals surface area contributed by atoms with Crippen LogP contribution in [0, 0.1) is 11.6 Å². The van der Waals surface area contributed by atoms with Gasteiger partial charge in [0.15, 0.2) is 0 Å². The predicted octanol–water partition coefficient (Wildman–Crippen LogP) is 1.81. The Balaban J connectivity index is 2.09. The lowest BCUT2D eigenvalue weighted by atomic mass is 9.81. The van der Waals surface area contributed by atoms with Crippen molar-refractivity contribution in [1.82, 2.24) is 5.32 Å². The fourth-order valence-corrected chi connectivity index (χ4v) is 2.75. The standard InChI is InChI=1S/C15H18F2N2O2/c16-11-4-5-12(17)10(8-11)9-13(20)19-15(14(18)21)6-2-1-3-7-15/h4-5,8H,1-3,6-7,9H2,(H2,18,21)(H,19,20). The summed E-state index contributed by atoms with van der Waals surface area (Å²) in [6.45, 7) is 0. The van der Waals surface area contributed by atoms with E-state index in [1.54, 1.807) is 0 Å². The zero-order valence-corrected chi connectivity index (χ0v) is 11.6. The van der Waals surface area contributed by atoms with E-state index in [2.05, 4.69) is 5.32 Å². The molecule has 1 saturated carbocycles. The van der Waals surface area contributed by atoms with Crippen LogP contribution in [0.1, 0.15) is 37.7 Å². The summed E-state index contributed by atoms with van der Waals surface area (Å²) >= 11 is 0. The van der Waals surface area contributed by atoms with E-state index in [0.29, 0.717) is 12.8 Å². The Labute approximate surface area is 121 Å². The lowest BCUT2D eigenvalue weighted by Crippen LogP contribution is -2.58. The maximum atomic E-state index is 13.5. The summed E-state index contributed by atoms with van der Waals surface area (Å²) in [7, 11) is 0. The van der Waals surface area contributed by atoms with Crippen LogP contribution < -0.4 is 11.1 Å². The van der Waals surface area contributed by atoms with Gasteiger partial charge in [0.25, 0.3) is 0 Å². The molecule has 0 spiro atoms. The van der Waals surface area contributed by atoms with Crippen LogP contribution in [-0.2, 0) is 16.0 Å². The molecule has 2 amide bonds. The first-order chi connectivity index (χ1) is 9.93. The Morgan fingerprint density at radius 1 is 1.19 bits per heavy atom. The molecule has 1 aliphatic carbocycles. The minimum Gasteiger partial charge on any atom is -0.368 e. The van der Waals surface area contributed by atoms with E-state index in [1.165, 1.54) is 0 Å². The zero-order chi connectivity index (χ0) is 15.5. The highest BCUT2D eigenvalue weighted by molar-refractivity contribution is 5.91. The van der Waals surface area contributed by atoms with Gasteiger partial charge in [0.1, 0.15) is 17.2 Å². The summed E-state index contributed by atoms with van der Waals surface area (Å²) in [5.74, 6) is -2.36. The SMILES string of the molecule is NC(=O)C1(NC(=O)Cc2cc(F)ccc2F)CCCCC1. The number of amides is 2. The van der Waals surface area contributed by atoms with Gasteiger partial charge in [0, 0.05) is 5.56 Å². The molecule has 0 radical (unpaired) electrons. The summed E-state index contributed by atoms with van der Waals surface area (Å²) in [5.41, 5.74) is 4.31. The van der Waals surface area contributed by atoms with Gasteiger partial charge < -0.3 is 11.1 Å². The molecule has 0 unspecified atom stereocenters. The third kappa shape index (κ3) is 3.56. The Morgan fingerprint density at radius 3 is 2.48 bits per heavy atom. The second-order valence-electron chi connectivity index (χ2n) is 5.47. The zero-order valence-electron chi connectivity index (χ0n) is 11.6. The monoisotopic (exact) mass is 296 g/mol.